The fourth-order valence-electron chi connectivity index (χ4n) is 3.70. The van der Waals surface area contributed by atoms with Gasteiger partial charge in [0.15, 0.2) is 11.5 Å². The Morgan fingerprint density at radius 1 is 1.05 bits per heavy atom. The molecule has 2 aromatic carbocycles. The number of anilines is 1. The van der Waals surface area contributed by atoms with E-state index in [4.69, 9.17) is 32.7 Å². The first-order chi connectivity index (χ1) is 17.4. The SMILES string of the molecule is CCC(C)NC(=O)C(C)N(Cc1c(Cl)cccc1Cl)C(=O)CN(c1ccc2c(c1)OCCO2)S(C)(=O)=O. The van der Waals surface area contributed by atoms with Crippen molar-refractivity contribution in [2.24, 2.45) is 0 Å². The van der Waals surface area contributed by atoms with E-state index < -0.39 is 28.5 Å². The average Bonchev–Trinajstić information content (AvgIpc) is 2.85. The topological polar surface area (TPSA) is 105 Å². The molecule has 2 unspecified atom stereocenters. The van der Waals surface area contributed by atoms with Crippen LogP contribution < -0.4 is 19.1 Å². The first kappa shape index (κ1) is 28.9. The Morgan fingerprint density at radius 3 is 2.27 bits per heavy atom. The Hall–Kier alpha value is -2.69. The Kier molecular flexibility index (Phi) is 9.55. The van der Waals surface area contributed by atoms with E-state index in [0.29, 0.717) is 46.7 Å². The third kappa shape index (κ3) is 7.21. The van der Waals surface area contributed by atoms with E-state index in [2.05, 4.69) is 5.32 Å². The number of sulfonamides is 1. The van der Waals surface area contributed by atoms with Crippen molar-refractivity contribution in [2.45, 2.75) is 45.8 Å². The number of nitrogens with one attached hydrogen (secondary N) is 1. The maximum absolute atomic E-state index is 13.7. The van der Waals surface area contributed by atoms with Gasteiger partial charge in [-0.2, -0.15) is 0 Å². The molecular formula is C25H31Cl2N3O6S. The van der Waals surface area contributed by atoms with Crippen LogP contribution in [-0.4, -0.2) is 63.2 Å². The third-order valence-corrected chi connectivity index (χ3v) is 7.90. The minimum Gasteiger partial charge on any atom is -0.486 e. The van der Waals surface area contributed by atoms with Gasteiger partial charge in [-0.25, -0.2) is 8.42 Å². The van der Waals surface area contributed by atoms with Crippen LogP contribution in [0.5, 0.6) is 11.5 Å². The summed E-state index contributed by atoms with van der Waals surface area (Å²) in [6.07, 6.45) is 1.71. The lowest BCUT2D eigenvalue weighted by atomic mass is 10.1. The smallest absolute Gasteiger partial charge is 0.244 e. The molecule has 2 aromatic rings. The van der Waals surface area contributed by atoms with E-state index in [9.17, 15) is 18.0 Å². The molecular weight excluding hydrogens is 541 g/mol. The lowest BCUT2D eigenvalue weighted by Crippen LogP contribution is -2.52. The summed E-state index contributed by atoms with van der Waals surface area (Å²) in [5.74, 6) is -0.120. The zero-order chi connectivity index (χ0) is 27.3. The normalized spacial score (nSPS) is 14.4. The summed E-state index contributed by atoms with van der Waals surface area (Å²) in [6, 6.07) is 8.54. The van der Waals surface area contributed by atoms with Crippen LogP contribution >= 0.6 is 23.2 Å². The van der Waals surface area contributed by atoms with E-state index in [0.717, 1.165) is 10.6 Å². The average molecular weight is 573 g/mol. The first-order valence-electron chi connectivity index (χ1n) is 11.8. The molecule has 0 saturated carbocycles. The highest BCUT2D eigenvalue weighted by atomic mass is 35.5. The first-order valence-corrected chi connectivity index (χ1v) is 14.4. The minimum absolute atomic E-state index is 0.0921. The van der Waals surface area contributed by atoms with Crippen molar-refractivity contribution in [3.63, 3.8) is 0 Å². The van der Waals surface area contributed by atoms with Crippen LogP contribution in [0.3, 0.4) is 0 Å². The van der Waals surface area contributed by atoms with Gasteiger partial charge in [-0.05, 0) is 44.5 Å². The molecule has 0 fully saturated rings. The zero-order valence-corrected chi connectivity index (χ0v) is 23.5. The van der Waals surface area contributed by atoms with Gasteiger partial charge in [0.2, 0.25) is 21.8 Å². The predicted molar refractivity (Wildman–Crippen MR) is 144 cm³/mol. The minimum atomic E-state index is -3.89. The van der Waals surface area contributed by atoms with Crippen LogP contribution in [0.2, 0.25) is 10.0 Å². The Bertz CT molecular complexity index is 1240. The number of rotatable bonds is 10. The van der Waals surface area contributed by atoms with Crippen molar-refractivity contribution in [1.82, 2.24) is 10.2 Å². The van der Waals surface area contributed by atoms with Gasteiger partial charge in [0, 0.05) is 34.3 Å². The molecule has 1 heterocycles. The second-order valence-corrected chi connectivity index (χ2v) is 11.5. The van der Waals surface area contributed by atoms with E-state index in [1.807, 2.05) is 13.8 Å². The van der Waals surface area contributed by atoms with Gasteiger partial charge >= 0.3 is 0 Å². The number of carbonyl (C=O) groups is 2. The lowest BCUT2D eigenvalue weighted by Gasteiger charge is -2.32. The molecule has 1 aliphatic heterocycles. The van der Waals surface area contributed by atoms with Crippen LogP contribution in [0, 0.1) is 0 Å². The van der Waals surface area contributed by atoms with E-state index >= 15 is 0 Å². The van der Waals surface area contributed by atoms with Gasteiger partial charge in [0.1, 0.15) is 25.8 Å². The van der Waals surface area contributed by atoms with Crippen molar-refractivity contribution in [3.05, 3.63) is 52.0 Å². The monoisotopic (exact) mass is 571 g/mol. The number of ether oxygens (including phenoxy) is 2. The molecule has 1 aliphatic rings. The quantitative estimate of drug-likeness (QED) is 0.464. The molecule has 0 spiro atoms. The number of nitrogens with zero attached hydrogens (tertiary/aromatic N) is 2. The summed E-state index contributed by atoms with van der Waals surface area (Å²) in [5.41, 5.74) is 0.681. The van der Waals surface area contributed by atoms with Gasteiger partial charge < -0.3 is 19.7 Å². The summed E-state index contributed by atoms with van der Waals surface area (Å²) in [7, 11) is -3.89. The molecule has 0 aliphatic carbocycles. The molecule has 1 N–H and O–H groups in total. The molecule has 202 valence electrons. The van der Waals surface area contributed by atoms with Crippen molar-refractivity contribution >= 4 is 50.7 Å². The maximum Gasteiger partial charge on any atom is 0.244 e. The number of hydrogen-bond acceptors (Lipinski definition) is 6. The summed E-state index contributed by atoms with van der Waals surface area (Å²) >= 11 is 12.7. The molecule has 3 rings (SSSR count). The van der Waals surface area contributed by atoms with Gasteiger partial charge in [0.25, 0.3) is 0 Å². The standard InChI is InChI=1S/C25H31Cl2N3O6S/c1-5-16(2)28-25(32)17(3)29(14-19-20(26)7-6-8-21(19)27)24(31)15-30(37(4,33)34)18-9-10-22-23(13-18)36-12-11-35-22/h6-10,13,16-17H,5,11-12,14-15H2,1-4H3,(H,28,32). The second kappa shape index (κ2) is 12.2. The van der Waals surface area contributed by atoms with Crippen molar-refractivity contribution in [3.8, 4) is 11.5 Å². The highest BCUT2D eigenvalue weighted by molar-refractivity contribution is 7.92. The zero-order valence-electron chi connectivity index (χ0n) is 21.2. The number of carbonyl (C=O) groups excluding carboxylic acids is 2. The van der Waals surface area contributed by atoms with Gasteiger partial charge in [-0.15, -0.1) is 0 Å². The van der Waals surface area contributed by atoms with Crippen LogP contribution in [0.15, 0.2) is 36.4 Å². The van der Waals surface area contributed by atoms with Crippen LogP contribution in [0.25, 0.3) is 0 Å². The Balaban J connectivity index is 1.96. The Labute approximate surface area is 227 Å². The number of benzene rings is 2. The van der Waals surface area contributed by atoms with Crippen LogP contribution in [-0.2, 0) is 26.2 Å². The number of halogens is 2. The van der Waals surface area contributed by atoms with E-state index in [1.165, 1.54) is 17.0 Å². The van der Waals surface area contributed by atoms with Crippen molar-refractivity contribution in [1.29, 1.82) is 0 Å². The molecule has 37 heavy (non-hydrogen) atoms. The summed E-state index contributed by atoms with van der Waals surface area (Å²) in [4.78, 5) is 28.0. The van der Waals surface area contributed by atoms with Crippen molar-refractivity contribution < 1.29 is 27.5 Å². The predicted octanol–water partition coefficient (Wildman–Crippen LogP) is 3.86. The fourth-order valence-corrected chi connectivity index (χ4v) is 5.06. The highest BCUT2D eigenvalue weighted by Crippen LogP contribution is 2.35. The summed E-state index contributed by atoms with van der Waals surface area (Å²) in [6.45, 7) is 5.43. The van der Waals surface area contributed by atoms with Crippen molar-refractivity contribution in [2.75, 3.05) is 30.3 Å². The van der Waals surface area contributed by atoms with Crippen LogP contribution in [0.4, 0.5) is 5.69 Å². The Morgan fingerprint density at radius 2 is 1.68 bits per heavy atom. The lowest BCUT2D eigenvalue weighted by molar-refractivity contribution is -0.139. The number of fused-ring (bicyclic) bond motifs is 1. The van der Waals surface area contributed by atoms with Gasteiger partial charge in [-0.3, -0.25) is 13.9 Å². The fraction of sp³-hybridized carbons (Fsp3) is 0.440. The molecule has 12 heteroatoms. The molecule has 2 amide bonds. The van der Waals surface area contributed by atoms with E-state index in [-0.39, 0.29) is 24.2 Å². The summed E-state index contributed by atoms with van der Waals surface area (Å²) in [5, 5.41) is 3.52. The number of amides is 2. The number of hydrogen-bond donors (Lipinski definition) is 1. The maximum atomic E-state index is 13.7. The van der Waals surface area contributed by atoms with Gasteiger partial charge in [0.05, 0.1) is 11.9 Å². The molecule has 0 bridgehead atoms. The highest BCUT2D eigenvalue weighted by Gasteiger charge is 2.31. The molecule has 0 aromatic heterocycles. The molecule has 0 radical (unpaired) electrons. The largest absolute Gasteiger partial charge is 0.486 e. The molecule has 9 nitrogen and oxygen atoms in total. The van der Waals surface area contributed by atoms with E-state index in [1.54, 1.807) is 31.2 Å². The van der Waals surface area contributed by atoms with Gasteiger partial charge in [-0.1, -0.05) is 36.2 Å². The third-order valence-electron chi connectivity index (χ3n) is 6.05. The van der Waals surface area contributed by atoms with Crippen LogP contribution in [0.1, 0.15) is 32.8 Å². The molecule has 2 atom stereocenters. The second-order valence-electron chi connectivity index (χ2n) is 8.81. The summed E-state index contributed by atoms with van der Waals surface area (Å²) < 4.78 is 37.6. The molecule has 0 saturated heterocycles.